The topological polar surface area (TPSA) is 66.6 Å². The van der Waals surface area contributed by atoms with Crippen LogP contribution in [0.3, 0.4) is 0 Å². The number of carbonyl (C=O) groups is 1. The fourth-order valence-corrected chi connectivity index (χ4v) is 2.44. The van der Waals surface area contributed by atoms with Gasteiger partial charge in [0, 0.05) is 12.2 Å². The number of benzene rings is 2. The number of nitrogen functional groups attached to an aromatic ring is 1. The van der Waals surface area contributed by atoms with Gasteiger partial charge in [-0.15, -0.1) is 0 Å². The SMILES string of the molecule is Nc1ccc(O)cc1C(=O)N1CCc2ccc(F)cc21. The number of nitrogens with zero attached hydrogens (tertiary/aromatic N) is 1. The molecular formula is C15H13FN2O2. The lowest BCUT2D eigenvalue weighted by atomic mass is 10.1. The molecule has 0 saturated heterocycles. The standard InChI is InChI=1S/C15H13FN2O2/c16-10-2-1-9-5-6-18(14(9)7-10)15(20)12-8-11(19)3-4-13(12)17/h1-4,7-8,19H,5-6,17H2. The van der Waals surface area contributed by atoms with Crippen molar-refractivity contribution in [2.24, 2.45) is 0 Å². The van der Waals surface area contributed by atoms with Crippen LogP contribution >= 0.6 is 0 Å². The minimum atomic E-state index is -0.382. The molecule has 0 atom stereocenters. The first-order chi connectivity index (χ1) is 9.56. The summed E-state index contributed by atoms with van der Waals surface area (Å²) in [5.41, 5.74) is 7.79. The van der Waals surface area contributed by atoms with Gasteiger partial charge in [0.05, 0.1) is 11.3 Å². The molecule has 0 unspecified atom stereocenters. The number of carbonyl (C=O) groups excluding carboxylic acids is 1. The van der Waals surface area contributed by atoms with Crippen LogP contribution in [0, 0.1) is 5.82 Å². The Bertz CT molecular complexity index is 700. The first-order valence-corrected chi connectivity index (χ1v) is 6.25. The third-order valence-electron chi connectivity index (χ3n) is 3.46. The molecule has 0 aromatic heterocycles. The number of aromatic hydroxyl groups is 1. The van der Waals surface area contributed by atoms with E-state index in [9.17, 15) is 14.3 Å². The average molecular weight is 272 g/mol. The van der Waals surface area contributed by atoms with Gasteiger partial charge in [-0.1, -0.05) is 6.07 Å². The zero-order chi connectivity index (χ0) is 14.3. The van der Waals surface area contributed by atoms with E-state index in [1.165, 1.54) is 35.2 Å². The van der Waals surface area contributed by atoms with Crippen LogP contribution in [0.4, 0.5) is 15.8 Å². The summed E-state index contributed by atoms with van der Waals surface area (Å²) in [4.78, 5) is 14.0. The number of halogens is 1. The molecule has 1 heterocycles. The van der Waals surface area contributed by atoms with Gasteiger partial charge in [0.25, 0.3) is 5.91 Å². The van der Waals surface area contributed by atoms with Gasteiger partial charge in [-0.3, -0.25) is 4.79 Å². The van der Waals surface area contributed by atoms with Crippen molar-refractivity contribution < 1.29 is 14.3 Å². The highest BCUT2D eigenvalue weighted by Crippen LogP contribution is 2.31. The van der Waals surface area contributed by atoms with Gasteiger partial charge < -0.3 is 15.7 Å². The van der Waals surface area contributed by atoms with Crippen LogP contribution in [-0.4, -0.2) is 17.6 Å². The third-order valence-corrected chi connectivity index (χ3v) is 3.46. The maximum absolute atomic E-state index is 13.3. The number of nitrogens with two attached hydrogens (primary N) is 1. The van der Waals surface area contributed by atoms with E-state index in [0.29, 0.717) is 18.7 Å². The minimum Gasteiger partial charge on any atom is -0.508 e. The molecule has 3 N–H and O–H groups in total. The van der Waals surface area contributed by atoms with E-state index < -0.39 is 0 Å². The fraction of sp³-hybridized carbons (Fsp3) is 0.133. The molecular weight excluding hydrogens is 259 g/mol. The van der Waals surface area contributed by atoms with Crippen molar-refractivity contribution in [3.05, 3.63) is 53.3 Å². The highest BCUT2D eigenvalue weighted by atomic mass is 19.1. The van der Waals surface area contributed by atoms with Crippen molar-refractivity contribution >= 4 is 17.3 Å². The Morgan fingerprint density at radius 3 is 2.85 bits per heavy atom. The predicted molar refractivity (Wildman–Crippen MR) is 74.3 cm³/mol. The summed E-state index contributed by atoms with van der Waals surface area (Å²) in [6, 6.07) is 8.64. The van der Waals surface area contributed by atoms with E-state index in [-0.39, 0.29) is 28.7 Å². The average Bonchev–Trinajstić information content (AvgIpc) is 2.83. The van der Waals surface area contributed by atoms with Crippen LogP contribution in [-0.2, 0) is 6.42 Å². The van der Waals surface area contributed by atoms with Crippen LogP contribution in [0.15, 0.2) is 36.4 Å². The zero-order valence-electron chi connectivity index (χ0n) is 10.6. The highest BCUT2D eigenvalue weighted by molar-refractivity contribution is 6.10. The monoisotopic (exact) mass is 272 g/mol. The van der Waals surface area contributed by atoms with Gasteiger partial charge in [0.15, 0.2) is 0 Å². The number of hydrogen-bond acceptors (Lipinski definition) is 3. The maximum Gasteiger partial charge on any atom is 0.260 e. The third kappa shape index (κ3) is 1.97. The number of fused-ring (bicyclic) bond motifs is 1. The highest BCUT2D eigenvalue weighted by Gasteiger charge is 2.27. The van der Waals surface area contributed by atoms with Crippen molar-refractivity contribution in [2.45, 2.75) is 6.42 Å². The molecule has 2 aromatic rings. The number of anilines is 2. The molecule has 0 saturated carbocycles. The van der Waals surface area contributed by atoms with Crippen molar-refractivity contribution in [3.63, 3.8) is 0 Å². The first kappa shape index (κ1) is 12.5. The van der Waals surface area contributed by atoms with Gasteiger partial charge in [-0.25, -0.2) is 4.39 Å². The number of phenolic OH excluding ortho intramolecular Hbond substituents is 1. The first-order valence-electron chi connectivity index (χ1n) is 6.25. The molecule has 1 aliphatic heterocycles. The van der Waals surface area contributed by atoms with Crippen LogP contribution in [0.5, 0.6) is 5.75 Å². The molecule has 0 spiro atoms. The summed E-state index contributed by atoms with van der Waals surface area (Å²) in [7, 11) is 0. The van der Waals surface area contributed by atoms with Crippen LogP contribution in [0.2, 0.25) is 0 Å². The smallest absolute Gasteiger partial charge is 0.260 e. The number of phenols is 1. The molecule has 0 aliphatic carbocycles. The van der Waals surface area contributed by atoms with E-state index in [0.717, 1.165) is 5.56 Å². The van der Waals surface area contributed by atoms with Gasteiger partial charge in [0.1, 0.15) is 11.6 Å². The van der Waals surface area contributed by atoms with Crippen LogP contribution < -0.4 is 10.6 Å². The fourth-order valence-electron chi connectivity index (χ4n) is 2.44. The largest absolute Gasteiger partial charge is 0.508 e. The Balaban J connectivity index is 2.01. The van der Waals surface area contributed by atoms with Crippen LogP contribution in [0.1, 0.15) is 15.9 Å². The van der Waals surface area contributed by atoms with E-state index in [4.69, 9.17) is 5.73 Å². The summed E-state index contributed by atoms with van der Waals surface area (Å²) in [5, 5.41) is 9.48. The van der Waals surface area contributed by atoms with E-state index in [2.05, 4.69) is 0 Å². The summed E-state index contributed by atoms with van der Waals surface area (Å²) >= 11 is 0. The molecule has 0 bridgehead atoms. The quantitative estimate of drug-likeness (QED) is 0.618. The Morgan fingerprint density at radius 2 is 2.05 bits per heavy atom. The zero-order valence-corrected chi connectivity index (χ0v) is 10.6. The van der Waals surface area contributed by atoms with Crippen molar-refractivity contribution in [3.8, 4) is 5.75 Å². The minimum absolute atomic E-state index is 0.0267. The summed E-state index contributed by atoms with van der Waals surface area (Å²) in [6.45, 7) is 0.479. The predicted octanol–water partition coefficient (Wildman–Crippen LogP) is 2.32. The van der Waals surface area contributed by atoms with E-state index >= 15 is 0 Å². The number of amides is 1. The molecule has 1 aliphatic rings. The van der Waals surface area contributed by atoms with Crippen molar-refractivity contribution in [1.29, 1.82) is 0 Å². The summed E-state index contributed by atoms with van der Waals surface area (Å²) < 4.78 is 13.3. The van der Waals surface area contributed by atoms with Gasteiger partial charge in [-0.2, -0.15) is 0 Å². The number of hydrogen-bond donors (Lipinski definition) is 2. The lowest BCUT2D eigenvalue weighted by Gasteiger charge is -2.18. The number of rotatable bonds is 1. The molecule has 3 rings (SSSR count). The molecule has 1 amide bonds. The second kappa shape index (κ2) is 4.52. The second-order valence-corrected chi connectivity index (χ2v) is 4.75. The Kier molecular flexibility index (Phi) is 2.82. The van der Waals surface area contributed by atoms with Gasteiger partial charge >= 0.3 is 0 Å². The molecule has 5 heteroatoms. The van der Waals surface area contributed by atoms with Crippen molar-refractivity contribution in [2.75, 3.05) is 17.2 Å². The lowest BCUT2D eigenvalue weighted by Crippen LogP contribution is -2.29. The van der Waals surface area contributed by atoms with Crippen LogP contribution in [0.25, 0.3) is 0 Å². The Morgan fingerprint density at radius 1 is 1.25 bits per heavy atom. The second-order valence-electron chi connectivity index (χ2n) is 4.75. The molecule has 20 heavy (non-hydrogen) atoms. The lowest BCUT2D eigenvalue weighted by molar-refractivity contribution is 0.0990. The Hall–Kier alpha value is -2.56. The molecule has 0 radical (unpaired) electrons. The van der Waals surface area contributed by atoms with Crippen molar-refractivity contribution in [1.82, 2.24) is 0 Å². The van der Waals surface area contributed by atoms with Gasteiger partial charge in [-0.05, 0) is 42.3 Å². The molecule has 102 valence electrons. The summed E-state index contributed by atoms with van der Waals surface area (Å²) in [6.07, 6.45) is 0.681. The van der Waals surface area contributed by atoms with E-state index in [1.54, 1.807) is 6.07 Å². The van der Waals surface area contributed by atoms with Gasteiger partial charge in [0.2, 0.25) is 0 Å². The molecule has 2 aromatic carbocycles. The Labute approximate surface area is 115 Å². The molecule has 4 nitrogen and oxygen atoms in total. The maximum atomic E-state index is 13.3. The normalized spacial score (nSPS) is 13.3. The van der Waals surface area contributed by atoms with E-state index in [1.807, 2.05) is 0 Å². The summed E-state index contributed by atoms with van der Waals surface area (Å²) in [5.74, 6) is -0.740. The molecule has 0 fully saturated rings.